The maximum absolute atomic E-state index is 12.0. The number of anilines is 1. The fraction of sp³-hybridized carbons (Fsp3) is 0.333. The molecule has 9 heteroatoms. The second-order valence-corrected chi connectivity index (χ2v) is 3.95. The lowest BCUT2D eigenvalue weighted by molar-refractivity contribution is -0.274. The van der Waals surface area contributed by atoms with Gasteiger partial charge in [0.25, 0.3) is 0 Å². The molecule has 0 aliphatic carbocycles. The van der Waals surface area contributed by atoms with Gasteiger partial charge in [-0.2, -0.15) is 0 Å². The first-order chi connectivity index (χ1) is 9.76. The fourth-order valence-corrected chi connectivity index (χ4v) is 1.34. The Labute approximate surface area is 119 Å². The summed E-state index contributed by atoms with van der Waals surface area (Å²) in [7, 11) is 0. The zero-order valence-corrected chi connectivity index (χ0v) is 11.2. The molecule has 0 aliphatic rings. The van der Waals surface area contributed by atoms with Gasteiger partial charge in [0.2, 0.25) is 5.91 Å². The van der Waals surface area contributed by atoms with Crippen molar-refractivity contribution in [2.24, 2.45) is 10.7 Å². The van der Waals surface area contributed by atoms with Gasteiger partial charge in [-0.3, -0.25) is 9.79 Å². The van der Waals surface area contributed by atoms with Crippen LogP contribution in [0.3, 0.4) is 0 Å². The van der Waals surface area contributed by atoms with Gasteiger partial charge in [-0.15, -0.1) is 13.2 Å². The summed E-state index contributed by atoms with van der Waals surface area (Å²) in [5.41, 5.74) is 6.04. The number of amides is 1. The Balaban J connectivity index is 2.47. The van der Waals surface area contributed by atoms with Gasteiger partial charge in [0.15, 0.2) is 5.96 Å². The molecule has 1 rings (SSSR count). The van der Waals surface area contributed by atoms with Gasteiger partial charge in [-0.1, -0.05) is 0 Å². The smallest absolute Gasteiger partial charge is 0.406 e. The number of guanidine groups is 1. The van der Waals surface area contributed by atoms with E-state index in [1.165, 1.54) is 19.1 Å². The molecule has 1 amide bonds. The van der Waals surface area contributed by atoms with Crippen LogP contribution in [0.1, 0.15) is 6.92 Å². The average Bonchev–Trinajstić information content (AvgIpc) is 2.35. The number of nitrogens with one attached hydrogen (secondary N) is 2. The first-order valence-corrected chi connectivity index (χ1v) is 5.93. The standard InChI is InChI=1S/C12H15F3N4O2/c1-8(20)17-6-7-18-11(16)19-9-2-4-10(5-3-9)21-12(13,14)15/h2-5H,6-7H2,1H3,(H,17,20)(H3,16,18,19). The number of alkyl halides is 3. The van der Waals surface area contributed by atoms with E-state index in [0.29, 0.717) is 12.2 Å². The third-order valence-electron chi connectivity index (χ3n) is 2.13. The third kappa shape index (κ3) is 7.65. The van der Waals surface area contributed by atoms with Crippen LogP contribution < -0.4 is 21.1 Å². The Bertz CT molecular complexity index is 500. The highest BCUT2D eigenvalue weighted by molar-refractivity contribution is 5.92. The van der Waals surface area contributed by atoms with Crippen molar-refractivity contribution in [2.75, 3.05) is 18.4 Å². The van der Waals surface area contributed by atoms with E-state index >= 15 is 0 Å². The molecule has 1 aromatic carbocycles. The van der Waals surface area contributed by atoms with Crippen LogP contribution in [0, 0.1) is 0 Å². The Morgan fingerprint density at radius 2 is 1.95 bits per heavy atom. The number of carbonyl (C=O) groups excluding carboxylic acids is 1. The van der Waals surface area contributed by atoms with Crippen molar-refractivity contribution >= 4 is 17.6 Å². The summed E-state index contributed by atoms with van der Waals surface area (Å²) >= 11 is 0. The summed E-state index contributed by atoms with van der Waals surface area (Å²) in [6, 6.07) is 5.05. The van der Waals surface area contributed by atoms with Gasteiger partial charge in [-0.05, 0) is 24.3 Å². The van der Waals surface area contributed by atoms with Crippen molar-refractivity contribution in [1.82, 2.24) is 5.32 Å². The minimum Gasteiger partial charge on any atom is -0.406 e. The predicted molar refractivity (Wildman–Crippen MR) is 71.9 cm³/mol. The maximum atomic E-state index is 12.0. The Morgan fingerprint density at radius 3 is 2.48 bits per heavy atom. The summed E-state index contributed by atoms with van der Waals surface area (Å²) in [5, 5.41) is 5.24. The van der Waals surface area contributed by atoms with E-state index in [1.807, 2.05) is 0 Å². The van der Waals surface area contributed by atoms with E-state index in [-0.39, 0.29) is 24.2 Å². The Morgan fingerprint density at radius 1 is 1.33 bits per heavy atom. The fourth-order valence-electron chi connectivity index (χ4n) is 1.34. The molecular formula is C12H15F3N4O2. The lowest BCUT2D eigenvalue weighted by Gasteiger charge is -2.10. The van der Waals surface area contributed by atoms with Crippen LogP contribution in [-0.2, 0) is 4.79 Å². The van der Waals surface area contributed by atoms with Crippen LogP contribution in [0.25, 0.3) is 0 Å². The second kappa shape index (κ2) is 7.36. The quantitative estimate of drug-likeness (QED) is 0.436. The van der Waals surface area contributed by atoms with Gasteiger partial charge >= 0.3 is 6.36 Å². The van der Waals surface area contributed by atoms with Gasteiger partial charge in [0.05, 0.1) is 6.54 Å². The number of hydrogen-bond acceptors (Lipinski definition) is 3. The van der Waals surface area contributed by atoms with Crippen molar-refractivity contribution in [1.29, 1.82) is 0 Å². The van der Waals surface area contributed by atoms with Crippen molar-refractivity contribution < 1.29 is 22.7 Å². The molecular weight excluding hydrogens is 289 g/mol. The Kier molecular flexibility index (Phi) is 5.82. The predicted octanol–water partition coefficient (Wildman–Crippen LogP) is 1.45. The molecule has 0 unspecified atom stereocenters. The van der Waals surface area contributed by atoms with E-state index in [1.54, 1.807) is 0 Å². The molecule has 0 aliphatic heterocycles. The van der Waals surface area contributed by atoms with Gasteiger partial charge in [0.1, 0.15) is 5.75 Å². The first kappa shape index (κ1) is 16.6. The van der Waals surface area contributed by atoms with Crippen molar-refractivity contribution in [3.8, 4) is 5.75 Å². The zero-order chi connectivity index (χ0) is 15.9. The SMILES string of the molecule is CC(=O)NCCN=C(N)Nc1ccc(OC(F)(F)F)cc1. The van der Waals surface area contributed by atoms with Crippen molar-refractivity contribution in [3.63, 3.8) is 0 Å². The maximum Gasteiger partial charge on any atom is 0.573 e. The molecule has 0 heterocycles. The minimum absolute atomic E-state index is 0.0878. The van der Waals surface area contributed by atoms with Gasteiger partial charge < -0.3 is 21.1 Å². The number of rotatable bonds is 5. The van der Waals surface area contributed by atoms with Gasteiger partial charge in [-0.25, -0.2) is 0 Å². The number of aliphatic imine (C=N–C) groups is 1. The summed E-state index contributed by atoms with van der Waals surface area (Å²) < 4.78 is 39.7. The average molecular weight is 304 g/mol. The normalized spacial score (nSPS) is 11.9. The third-order valence-corrected chi connectivity index (χ3v) is 2.13. The zero-order valence-electron chi connectivity index (χ0n) is 11.2. The molecule has 0 atom stereocenters. The number of carbonyl (C=O) groups is 1. The van der Waals surface area contributed by atoms with Crippen LogP contribution in [-0.4, -0.2) is 31.3 Å². The molecule has 0 fully saturated rings. The largest absolute Gasteiger partial charge is 0.573 e. The molecule has 0 saturated carbocycles. The highest BCUT2D eigenvalue weighted by Crippen LogP contribution is 2.23. The number of halogens is 3. The van der Waals surface area contributed by atoms with Crippen LogP contribution in [0.2, 0.25) is 0 Å². The molecule has 6 nitrogen and oxygen atoms in total. The topological polar surface area (TPSA) is 88.7 Å². The minimum atomic E-state index is -4.72. The monoisotopic (exact) mass is 304 g/mol. The molecule has 0 spiro atoms. The van der Waals surface area contributed by atoms with Crippen LogP contribution in [0.4, 0.5) is 18.9 Å². The molecule has 1 aromatic rings. The van der Waals surface area contributed by atoms with E-state index in [2.05, 4.69) is 20.4 Å². The highest BCUT2D eigenvalue weighted by atomic mass is 19.4. The number of ether oxygens (including phenoxy) is 1. The lowest BCUT2D eigenvalue weighted by Crippen LogP contribution is -2.26. The molecule has 21 heavy (non-hydrogen) atoms. The van der Waals surface area contributed by atoms with E-state index < -0.39 is 6.36 Å². The van der Waals surface area contributed by atoms with Crippen LogP contribution in [0.5, 0.6) is 5.75 Å². The van der Waals surface area contributed by atoms with E-state index in [4.69, 9.17) is 5.73 Å². The van der Waals surface area contributed by atoms with E-state index in [9.17, 15) is 18.0 Å². The number of nitrogens with two attached hydrogens (primary N) is 1. The summed E-state index contributed by atoms with van der Waals surface area (Å²) in [6.45, 7) is 2.01. The highest BCUT2D eigenvalue weighted by Gasteiger charge is 2.30. The molecule has 0 aromatic heterocycles. The lowest BCUT2D eigenvalue weighted by atomic mass is 10.3. The molecule has 0 saturated heterocycles. The van der Waals surface area contributed by atoms with Crippen LogP contribution >= 0.6 is 0 Å². The Hall–Kier alpha value is -2.45. The van der Waals surface area contributed by atoms with Gasteiger partial charge in [0, 0.05) is 19.2 Å². The molecule has 0 radical (unpaired) electrons. The number of hydrogen-bond donors (Lipinski definition) is 3. The summed E-state index contributed by atoms with van der Waals surface area (Å²) in [4.78, 5) is 14.5. The van der Waals surface area contributed by atoms with E-state index in [0.717, 1.165) is 12.1 Å². The number of nitrogens with zero attached hydrogens (tertiary/aromatic N) is 1. The number of benzene rings is 1. The van der Waals surface area contributed by atoms with Crippen molar-refractivity contribution in [3.05, 3.63) is 24.3 Å². The summed E-state index contributed by atoms with van der Waals surface area (Å²) in [6.07, 6.45) is -4.72. The van der Waals surface area contributed by atoms with Crippen molar-refractivity contribution in [2.45, 2.75) is 13.3 Å². The first-order valence-electron chi connectivity index (χ1n) is 5.93. The molecule has 0 bridgehead atoms. The second-order valence-electron chi connectivity index (χ2n) is 3.95. The summed E-state index contributed by atoms with van der Waals surface area (Å²) in [5.74, 6) is -0.406. The van der Waals surface area contributed by atoms with Crippen LogP contribution in [0.15, 0.2) is 29.3 Å². The molecule has 4 N–H and O–H groups in total. The molecule has 116 valence electrons.